The number of hydrogen-bond donors (Lipinski definition) is 1. The van der Waals surface area contributed by atoms with Crippen molar-refractivity contribution in [2.75, 3.05) is 39.4 Å². The maximum Gasteiger partial charge on any atom is 0.253 e. The van der Waals surface area contributed by atoms with E-state index in [1.807, 2.05) is 42.2 Å². The van der Waals surface area contributed by atoms with Crippen LogP contribution in [-0.2, 0) is 22.6 Å². The van der Waals surface area contributed by atoms with Crippen LogP contribution in [0.5, 0.6) is 11.5 Å². The predicted octanol–water partition coefficient (Wildman–Crippen LogP) is 5.64. The number of nitrogens with zero attached hydrogens (tertiary/aromatic N) is 2. The second-order valence-electron chi connectivity index (χ2n) is 11.5. The summed E-state index contributed by atoms with van der Waals surface area (Å²) in [5.74, 6) is 1.43. The van der Waals surface area contributed by atoms with Crippen molar-refractivity contribution in [2.24, 2.45) is 0 Å². The first-order chi connectivity index (χ1) is 20.0. The molecule has 1 aliphatic carbocycles. The quantitative estimate of drug-likeness (QED) is 0.406. The van der Waals surface area contributed by atoms with Gasteiger partial charge in [0.1, 0.15) is 11.5 Å². The fraction of sp³-hybridized carbons (Fsp3) is 0.441. The van der Waals surface area contributed by atoms with Crippen LogP contribution >= 0.6 is 0 Å². The van der Waals surface area contributed by atoms with Crippen LogP contribution in [0.15, 0.2) is 66.7 Å². The van der Waals surface area contributed by atoms with E-state index < -0.39 is 0 Å². The fourth-order valence-corrected chi connectivity index (χ4v) is 6.40. The minimum Gasteiger partial charge on any atom is -0.457 e. The Balaban J connectivity index is 1.06. The van der Waals surface area contributed by atoms with Crippen molar-refractivity contribution >= 4 is 5.91 Å². The molecule has 1 N–H and O–H groups in total. The number of piperazine rings is 1. The van der Waals surface area contributed by atoms with Crippen molar-refractivity contribution in [3.63, 3.8) is 0 Å². The van der Waals surface area contributed by atoms with Gasteiger partial charge in [-0.1, -0.05) is 36.4 Å². The maximum atomic E-state index is 13.3. The Hall–Kier alpha value is -3.23. The van der Waals surface area contributed by atoms with Crippen LogP contribution in [-0.4, -0.2) is 66.0 Å². The number of aliphatic hydroxyl groups is 1. The zero-order valence-electron chi connectivity index (χ0n) is 23.9. The Labute approximate surface area is 242 Å². The molecule has 6 rings (SSSR count). The normalized spacial score (nSPS) is 19.5. The zero-order chi connectivity index (χ0) is 28.2. The number of ether oxygens (including phenoxy) is 3. The minimum atomic E-state index is -0.374. The SMILES string of the molecule is Cc1cc(C(=O)N2CCN(Cc3ccccc3)CC2)ccc1Oc1ccc(C2CCC3(CC2)OCCO3)cc1CO. The third-order valence-corrected chi connectivity index (χ3v) is 8.84. The number of amides is 1. The van der Waals surface area contributed by atoms with E-state index in [1.165, 1.54) is 11.1 Å². The van der Waals surface area contributed by atoms with Crippen LogP contribution in [0, 0.1) is 6.92 Å². The molecule has 2 heterocycles. The van der Waals surface area contributed by atoms with Crippen molar-refractivity contribution in [1.29, 1.82) is 0 Å². The molecule has 41 heavy (non-hydrogen) atoms. The average Bonchev–Trinajstić information content (AvgIpc) is 3.47. The van der Waals surface area contributed by atoms with E-state index in [9.17, 15) is 9.90 Å². The summed E-state index contributed by atoms with van der Waals surface area (Å²) >= 11 is 0. The van der Waals surface area contributed by atoms with E-state index in [0.717, 1.165) is 69.5 Å². The number of aliphatic hydroxyl groups excluding tert-OH is 1. The highest BCUT2D eigenvalue weighted by Gasteiger charge is 2.40. The third kappa shape index (κ3) is 6.33. The highest BCUT2D eigenvalue weighted by atomic mass is 16.7. The van der Waals surface area contributed by atoms with Gasteiger partial charge >= 0.3 is 0 Å². The summed E-state index contributed by atoms with van der Waals surface area (Å²) in [6, 6.07) is 22.2. The number of hydrogen-bond acceptors (Lipinski definition) is 6. The van der Waals surface area contributed by atoms with Gasteiger partial charge in [-0.2, -0.15) is 0 Å². The molecule has 3 aliphatic rings. The van der Waals surface area contributed by atoms with Gasteiger partial charge in [-0.25, -0.2) is 0 Å². The average molecular weight is 557 g/mol. The Morgan fingerprint density at radius 3 is 2.32 bits per heavy atom. The lowest BCUT2D eigenvalue weighted by Crippen LogP contribution is -2.48. The number of aryl methyl sites for hydroxylation is 1. The third-order valence-electron chi connectivity index (χ3n) is 8.84. The van der Waals surface area contributed by atoms with Crippen LogP contribution < -0.4 is 4.74 Å². The smallest absolute Gasteiger partial charge is 0.253 e. The minimum absolute atomic E-state index is 0.0575. The van der Waals surface area contributed by atoms with Crippen molar-refractivity contribution in [1.82, 2.24) is 9.80 Å². The number of rotatable bonds is 7. The molecule has 0 radical (unpaired) electrons. The second kappa shape index (κ2) is 12.3. The van der Waals surface area contributed by atoms with Crippen LogP contribution in [0.4, 0.5) is 0 Å². The van der Waals surface area contributed by atoms with Crippen molar-refractivity contribution < 1.29 is 24.1 Å². The van der Waals surface area contributed by atoms with E-state index in [-0.39, 0.29) is 18.3 Å². The van der Waals surface area contributed by atoms with Gasteiger partial charge < -0.3 is 24.2 Å². The fourth-order valence-electron chi connectivity index (χ4n) is 6.40. The van der Waals surface area contributed by atoms with E-state index in [4.69, 9.17) is 14.2 Å². The first-order valence-electron chi connectivity index (χ1n) is 14.9. The van der Waals surface area contributed by atoms with Crippen molar-refractivity contribution in [3.05, 3.63) is 94.5 Å². The Morgan fingerprint density at radius 2 is 1.63 bits per heavy atom. The van der Waals surface area contributed by atoms with Gasteiger partial charge in [0.15, 0.2) is 5.79 Å². The molecular weight excluding hydrogens is 516 g/mol. The Kier molecular flexibility index (Phi) is 8.40. The molecule has 3 aromatic carbocycles. The highest BCUT2D eigenvalue weighted by molar-refractivity contribution is 5.94. The molecule has 216 valence electrons. The Morgan fingerprint density at radius 1 is 0.927 bits per heavy atom. The van der Waals surface area contributed by atoms with E-state index >= 15 is 0 Å². The summed E-state index contributed by atoms with van der Waals surface area (Å²) in [7, 11) is 0. The molecule has 3 aromatic rings. The monoisotopic (exact) mass is 556 g/mol. The van der Waals surface area contributed by atoms with Gasteiger partial charge in [0.25, 0.3) is 5.91 Å². The van der Waals surface area contributed by atoms with Crippen LogP contribution in [0.1, 0.15) is 64.2 Å². The first kappa shape index (κ1) is 27.9. The topological polar surface area (TPSA) is 71.5 Å². The van der Waals surface area contributed by atoms with Crippen LogP contribution in [0.2, 0.25) is 0 Å². The summed E-state index contributed by atoms with van der Waals surface area (Å²) < 4.78 is 18.0. The molecule has 0 atom stereocenters. The number of carbonyl (C=O) groups excluding carboxylic acids is 1. The molecule has 1 spiro atoms. The molecule has 2 saturated heterocycles. The van der Waals surface area contributed by atoms with E-state index in [2.05, 4.69) is 41.3 Å². The van der Waals surface area contributed by atoms with Gasteiger partial charge in [0, 0.05) is 56.7 Å². The van der Waals surface area contributed by atoms with E-state index in [1.54, 1.807) is 0 Å². The zero-order valence-corrected chi connectivity index (χ0v) is 23.9. The number of carbonyl (C=O) groups is 1. The summed E-state index contributed by atoms with van der Waals surface area (Å²) in [5.41, 5.74) is 4.85. The number of benzene rings is 3. The van der Waals surface area contributed by atoms with Crippen molar-refractivity contribution in [3.8, 4) is 11.5 Å². The molecular formula is C34H40N2O5. The summed E-state index contributed by atoms with van der Waals surface area (Å²) in [4.78, 5) is 17.6. The molecule has 0 bridgehead atoms. The van der Waals surface area contributed by atoms with Gasteiger partial charge in [-0.3, -0.25) is 9.69 Å². The molecule has 1 saturated carbocycles. The van der Waals surface area contributed by atoms with Gasteiger partial charge in [0.05, 0.1) is 19.8 Å². The van der Waals surface area contributed by atoms with Crippen LogP contribution in [0.3, 0.4) is 0 Å². The standard InChI is InChI=1S/C34H40N2O5/c1-25-21-29(33(38)36-17-15-35(16-18-36)23-26-5-3-2-4-6-26)8-9-31(25)41-32-10-7-28(22-30(32)24-37)27-11-13-34(14-12-27)39-19-20-40-34/h2-10,21-22,27,37H,11-20,23-24H2,1H3. The molecule has 7 heteroatoms. The first-order valence-corrected chi connectivity index (χ1v) is 14.9. The lowest BCUT2D eigenvalue weighted by molar-refractivity contribution is -0.178. The van der Waals surface area contributed by atoms with Gasteiger partial charge in [0.2, 0.25) is 0 Å². The molecule has 2 aliphatic heterocycles. The Bertz CT molecular complexity index is 1340. The molecule has 7 nitrogen and oxygen atoms in total. The van der Waals surface area contributed by atoms with Gasteiger partial charge in [-0.15, -0.1) is 0 Å². The lowest BCUT2D eigenvalue weighted by Gasteiger charge is -2.35. The predicted molar refractivity (Wildman–Crippen MR) is 157 cm³/mol. The van der Waals surface area contributed by atoms with E-state index in [0.29, 0.717) is 36.2 Å². The summed E-state index contributed by atoms with van der Waals surface area (Å²) in [5, 5.41) is 10.1. The summed E-state index contributed by atoms with van der Waals surface area (Å²) in [6.07, 6.45) is 3.81. The lowest BCUT2D eigenvalue weighted by atomic mass is 9.80. The van der Waals surface area contributed by atoms with Crippen LogP contribution in [0.25, 0.3) is 0 Å². The summed E-state index contributed by atoms with van der Waals surface area (Å²) in [6.45, 7) is 7.32. The highest BCUT2D eigenvalue weighted by Crippen LogP contribution is 2.43. The van der Waals surface area contributed by atoms with Crippen molar-refractivity contribution in [2.45, 2.75) is 57.5 Å². The second-order valence-corrected chi connectivity index (χ2v) is 11.5. The molecule has 0 aromatic heterocycles. The molecule has 3 fully saturated rings. The molecule has 1 amide bonds. The largest absolute Gasteiger partial charge is 0.457 e. The maximum absolute atomic E-state index is 13.3. The van der Waals surface area contributed by atoms with Gasteiger partial charge in [-0.05, 0) is 72.7 Å². The molecule has 0 unspecified atom stereocenters.